The van der Waals surface area contributed by atoms with E-state index in [4.69, 9.17) is 9.47 Å². The summed E-state index contributed by atoms with van der Waals surface area (Å²) in [4.78, 5) is 26.7. The Morgan fingerprint density at radius 2 is 2.04 bits per heavy atom. The molecule has 0 saturated carbocycles. The molecule has 0 aliphatic carbocycles. The molecule has 1 atom stereocenters. The largest absolute Gasteiger partial charge is 0.489 e. The number of nitrogens with zero attached hydrogens (tertiary/aromatic N) is 3. The number of likely N-dealkylation sites (N-methyl/N-ethyl adjacent to an activating group) is 1. The van der Waals surface area contributed by atoms with Crippen molar-refractivity contribution in [3.8, 4) is 5.75 Å². The number of rotatable bonds is 7. The summed E-state index contributed by atoms with van der Waals surface area (Å²) in [5, 5.41) is 4.43. The van der Waals surface area contributed by atoms with Crippen LogP contribution < -0.4 is 4.74 Å². The molecule has 0 spiro atoms. The lowest BCUT2D eigenvalue weighted by Crippen LogP contribution is -2.41. The van der Waals surface area contributed by atoms with Crippen molar-refractivity contribution in [2.75, 3.05) is 27.3 Å². The van der Waals surface area contributed by atoms with Gasteiger partial charge in [-0.2, -0.15) is 5.10 Å². The Morgan fingerprint density at radius 1 is 1.30 bits per heavy atom. The van der Waals surface area contributed by atoms with Gasteiger partial charge in [-0.1, -0.05) is 43.7 Å². The molecule has 0 bridgehead atoms. The van der Waals surface area contributed by atoms with Crippen LogP contribution in [0.1, 0.15) is 52.3 Å². The van der Waals surface area contributed by atoms with E-state index in [9.17, 15) is 9.59 Å². The highest BCUT2D eigenvalue weighted by Gasteiger charge is 2.38. The molecule has 1 unspecified atom stereocenters. The summed E-state index contributed by atoms with van der Waals surface area (Å²) in [5.41, 5.74) is 1.52. The maximum Gasteiger partial charge on any atom is 0.362 e. The fraction of sp³-hybridized carbons (Fsp3) is 0.450. The highest BCUT2D eigenvalue weighted by molar-refractivity contribution is 6.01. The lowest BCUT2D eigenvalue weighted by molar-refractivity contribution is 0.0586. The molecule has 3 rings (SSSR count). The third-order valence-electron chi connectivity index (χ3n) is 4.68. The topological polar surface area (TPSA) is 73.7 Å². The molecule has 0 saturated heterocycles. The molecule has 144 valence electrons. The van der Waals surface area contributed by atoms with Gasteiger partial charge in [0.2, 0.25) is 5.69 Å². The van der Waals surface area contributed by atoms with Gasteiger partial charge in [-0.3, -0.25) is 9.48 Å². The number of benzene rings is 1. The van der Waals surface area contributed by atoms with E-state index in [-0.39, 0.29) is 23.4 Å². The molecule has 0 fully saturated rings. The van der Waals surface area contributed by atoms with Gasteiger partial charge in [-0.05, 0) is 18.4 Å². The van der Waals surface area contributed by atoms with Gasteiger partial charge in [0.25, 0.3) is 5.91 Å². The quantitative estimate of drug-likeness (QED) is 0.553. The number of hydrogen-bond acceptors (Lipinski definition) is 5. The van der Waals surface area contributed by atoms with Crippen LogP contribution in [0.25, 0.3) is 0 Å². The summed E-state index contributed by atoms with van der Waals surface area (Å²) >= 11 is 0. The number of ether oxygens (including phenoxy) is 2. The molecule has 2 heterocycles. The van der Waals surface area contributed by atoms with Crippen molar-refractivity contribution in [2.24, 2.45) is 0 Å². The molecule has 1 aromatic carbocycles. The Hall–Kier alpha value is -2.83. The monoisotopic (exact) mass is 371 g/mol. The lowest BCUT2D eigenvalue weighted by Gasteiger charge is -2.31. The number of aromatic nitrogens is 2. The molecule has 0 N–H and O–H groups in total. The van der Waals surface area contributed by atoms with E-state index in [0.29, 0.717) is 25.3 Å². The van der Waals surface area contributed by atoms with Crippen LogP contribution in [0.5, 0.6) is 5.75 Å². The van der Waals surface area contributed by atoms with Gasteiger partial charge in [0.05, 0.1) is 19.8 Å². The number of hydrogen-bond donors (Lipinski definition) is 0. The Kier molecular flexibility index (Phi) is 5.78. The molecule has 27 heavy (non-hydrogen) atoms. The first-order chi connectivity index (χ1) is 13.1. The normalized spacial score (nSPS) is 16.2. The third-order valence-corrected chi connectivity index (χ3v) is 4.68. The Morgan fingerprint density at radius 3 is 2.70 bits per heavy atom. The second kappa shape index (κ2) is 8.24. The number of fused-ring (bicyclic) bond motifs is 1. The molecular formula is C20H25N3O4. The van der Waals surface area contributed by atoms with E-state index in [1.54, 1.807) is 16.6 Å². The predicted octanol–water partition coefficient (Wildman–Crippen LogP) is 2.72. The van der Waals surface area contributed by atoms with Crippen molar-refractivity contribution >= 4 is 11.9 Å². The van der Waals surface area contributed by atoms with Gasteiger partial charge in [0, 0.05) is 13.6 Å². The maximum absolute atomic E-state index is 12.8. The summed E-state index contributed by atoms with van der Waals surface area (Å²) in [7, 11) is 3.05. The first-order valence-electron chi connectivity index (χ1n) is 9.19. The minimum atomic E-state index is -0.600. The highest BCUT2D eigenvalue weighted by atomic mass is 16.5. The molecule has 1 aliphatic heterocycles. The fourth-order valence-corrected chi connectivity index (χ4v) is 3.26. The van der Waals surface area contributed by atoms with Crippen molar-refractivity contribution in [3.63, 3.8) is 0 Å². The van der Waals surface area contributed by atoms with Crippen molar-refractivity contribution in [1.82, 2.24) is 14.7 Å². The SMILES string of the molecule is CCCCOc1c(C(=O)OC)nn2c1C(=O)N(C)CC2Cc1ccccc1. The third kappa shape index (κ3) is 3.82. The number of unbranched alkanes of at least 4 members (excludes halogenated alkanes) is 1. The summed E-state index contributed by atoms with van der Waals surface area (Å²) in [6, 6.07) is 9.93. The molecule has 1 amide bonds. The van der Waals surface area contributed by atoms with Gasteiger partial charge in [-0.25, -0.2) is 4.79 Å². The smallest absolute Gasteiger partial charge is 0.362 e. The molecule has 7 heteroatoms. The minimum absolute atomic E-state index is 0.0605. The molecule has 1 aliphatic rings. The summed E-state index contributed by atoms with van der Waals surface area (Å²) in [6.45, 7) is 2.98. The van der Waals surface area contributed by atoms with Crippen LogP contribution in [0.15, 0.2) is 30.3 Å². The van der Waals surface area contributed by atoms with Crippen molar-refractivity contribution < 1.29 is 19.1 Å². The van der Waals surface area contributed by atoms with Crippen molar-refractivity contribution in [2.45, 2.75) is 32.2 Å². The van der Waals surface area contributed by atoms with E-state index in [2.05, 4.69) is 5.10 Å². The average molecular weight is 371 g/mol. The Labute approximate surface area is 158 Å². The van der Waals surface area contributed by atoms with E-state index < -0.39 is 5.97 Å². The Bertz CT molecular complexity index is 816. The molecule has 7 nitrogen and oxygen atoms in total. The molecule has 0 radical (unpaired) electrons. The molecule has 2 aromatic rings. The van der Waals surface area contributed by atoms with Crippen LogP contribution in [0, 0.1) is 0 Å². The zero-order valence-electron chi connectivity index (χ0n) is 16.0. The van der Waals surface area contributed by atoms with Crippen LogP contribution in [-0.2, 0) is 11.2 Å². The van der Waals surface area contributed by atoms with Gasteiger partial charge >= 0.3 is 5.97 Å². The van der Waals surface area contributed by atoms with Crippen LogP contribution in [0.3, 0.4) is 0 Å². The first-order valence-corrected chi connectivity index (χ1v) is 9.19. The van der Waals surface area contributed by atoms with Crippen molar-refractivity contribution in [3.05, 3.63) is 47.3 Å². The highest BCUT2D eigenvalue weighted by Crippen LogP contribution is 2.33. The van der Waals surface area contributed by atoms with Gasteiger partial charge in [0.1, 0.15) is 0 Å². The van der Waals surface area contributed by atoms with E-state index in [1.807, 2.05) is 37.3 Å². The van der Waals surface area contributed by atoms with Crippen molar-refractivity contribution in [1.29, 1.82) is 0 Å². The standard InChI is InChI=1S/C20H25N3O4/c1-4-5-11-27-18-16(20(25)26-3)21-23-15(12-14-9-7-6-8-10-14)13-22(2)19(24)17(18)23/h6-10,15H,4-5,11-13H2,1-3H3. The maximum atomic E-state index is 12.8. The summed E-state index contributed by atoms with van der Waals surface area (Å²) in [5.74, 6) is -0.573. The van der Waals surface area contributed by atoms with E-state index >= 15 is 0 Å². The summed E-state index contributed by atoms with van der Waals surface area (Å²) < 4.78 is 12.3. The second-order valence-corrected chi connectivity index (χ2v) is 6.69. The van der Waals surface area contributed by atoms with Crippen LogP contribution >= 0.6 is 0 Å². The minimum Gasteiger partial charge on any atom is -0.489 e. The van der Waals surface area contributed by atoms with Crippen LogP contribution in [0.4, 0.5) is 0 Å². The number of methoxy groups -OCH3 is 1. The summed E-state index contributed by atoms with van der Waals surface area (Å²) in [6.07, 6.45) is 2.46. The fourth-order valence-electron chi connectivity index (χ4n) is 3.26. The number of amides is 1. The number of esters is 1. The zero-order valence-corrected chi connectivity index (χ0v) is 16.0. The Balaban J connectivity index is 2.03. The second-order valence-electron chi connectivity index (χ2n) is 6.69. The molecule has 1 aromatic heterocycles. The van der Waals surface area contributed by atoms with Gasteiger partial charge in [-0.15, -0.1) is 0 Å². The van der Waals surface area contributed by atoms with Crippen LogP contribution in [0.2, 0.25) is 0 Å². The number of carbonyl (C=O) groups is 2. The predicted molar refractivity (Wildman–Crippen MR) is 100 cm³/mol. The zero-order chi connectivity index (χ0) is 19.4. The first kappa shape index (κ1) is 18.9. The van der Waals surface area contributed by atoms with Gasteiger partial charge in [0.15, 0.2) is 11.4 Å². The average Bonchev–Trinajstić information content (AvgIpc) is 3.06. The van der Waals surface area contributed by atoms with Gasteiger partial charge < -0.3 is 14.4 Å². The van der Waals surface area contributed by atoms with Crippen LogP contribution in [-0.4, -0.2) is 53.9 Å². The lowest BCUT2D eigenvalue weighted by atomic mass is 10.0. The number of carbonyl (C=O) groups excluding carboxylic acids is 2. The van der Waals surface area contributed by atoms with E-state index in [1.165, 1.54) is 7.11 Å². The molecular weight excluding hydrogens is 346 g/mol. The van der Waals surface area contributed by atoms with E-state index in [0.717, 1.165) is 18.4 Å².